The fraction of sp³-hybridized carbons (Fsp3) is 0.158. The van der Waals surface area contributed by atoms with Crippen molar-refractivity contribution in [2.24, 2.45) is 0 Å². The molecule has 1 aliphatic rings. The number of hydrogen-bond donors (Lipinski definition) is 1. The average molecular weight is 393 g/mol. The molecular weight excluding hydrogens is 378 g/mol. The molecule has 3 heterocycles. The summed E-state index contributed by atoms with van der Waals surface area (Å²) in [6.07, 6.45) is 3.19. The van der Waals surface area contributed by atoms with E-state index in [1.165, 1.54) is 4.88 Å². The van der Waals surface area contributed by atoms with Gasteiger partial charge < -0.3 is 0 Å². The second-order valence-electron chi connectivity index (χ2n) is 6.18. The van der Waals surface area contributed by atoms with Crippen molar-refractivity contribution in [1.82, 2.24) is 19.7 Å². The molecule has 134 valence electrons. The van der Waals surface area contributed by atoms with Gasteiger partial charge in [0.2, 0.25) is 5.82 Å². The Morgan fingerprint density at radius 2 is 1.96 bits per heavy atom. The van der Waals surface area contributed by atoms with E-state index >= 15 is 0 Å². The van der Waals surface area contributed by atoms with Gasteiger partial charge in [0.25, 0.3) is 5.91 Å². The van der Waals surface area contributed by atoms with Gasteiger partial charge in [0, 0.05) is 4.88 Å². The van der Waals surface area contributed by atoms with E-state index in [0.717, 1.165) is 35.5 Å². The van der Waals surface area contributed by atoms with E-state index in [1.54, 1.807) is 27.4 Å². The highest BCUT2D eigenvalue weighted by molar-refractivity contribution is 7.16. The number of nitrogens with zero attached hydrogens (tertiary/aromatic N) is 4. The summed E-state index contributed by atoms with van der Waals surface area (Å²) in [4.78, 5) is 24.0. The fourth-order valence-corrected chi connectivity index (χ4v) is 4.86. The van der Waals surface area contributed by atoms with Crippen molar-refractivity contribution in [3.63, 3.8) is 0 Å². The van der Waals surface area contributed by atoms with Gasteiger partial charge in [-0.25, -0.2) is 14.6 Å². The summed E-state index contributed by atoms with van der Waals surface area (Å²) in [5.41, 5.74) is 1.97. The second-order valence-corrected chi connectivity index (χ2v) is 8.21. The molecule has 1 N–H and O–H groups in total. The molecule has 3 aromatic heterocycles. The zero-order valence-corrected chi connectivity index (χ0v) is 15.9. The first kappa shape index (κ1) is 16.3. The minimum absolute atomic E-state index is 0.137. The van der Waals surface area contributed by atoms with Crippen LogP contribution < -0.4 is 5.32 Å². The highest BCUT2D eigenvalue weighted by atomic mass is 32.1. The van der Waals surface area contributed by atoms with Crippen molar-refractivity contribution < 1.29 is 4.79 Å². The Kier molecular flexibility index (Phi) is 4.06. The average Bonchev–Trinajstić information content (AvgIpc) is 3.44. The van der Waals surface area contributed by atoms with Crippen LogP contribution in [0.1, 0.15) is 27.6 Å². The molecule has 1 aliphatic carbocycles. The lowest BCUT2D eigenvalue weighted by Crippen LogP contribution is -2.14. The molecule has 5 rings (SSSR count). The molecule has 0 atom stereocenters. The van der Waals surface area contributed by atoms with Crippen molar-refractivity contribution in [3.05, 3.63) is 64.2 Å². The third-order valence-corrected chi connectivity index (χ3v) is 6.31. The summed E-state index contributed by atoms with van der Waals surface area (Å²) < 4.78 is 1.71. The SMILES string of the molecule is O=C(Nc1nc2c(s1)CCC2)c1nc(-c2cccs2)n(-c2ccccc2)n1. The number of aromatic nitrogens is 4. The van der Waals surface area contributed by atoms with E-state index in [1.807, 2.05) is 47.8 Å². The van der Waals surface area contributed by atoms with Gasteiger partial charge in [-0.05, 0) is 42.8 Å². The monoisotopic (exact) mass is 393 g/mol. The van der Waals surface area contributed by atoms with Gasteiger partial charge in [-0.1, -0.05) is 24.3 Å². The lowest BCUT2D eigenvalue weighted by Gasteiger charge is -2.03. The van der Waals surface area contributed by atoms with Crippen LogP contribution in [0.15, 0.2) is 47.8 Å². The standard InChI is InChI=1S/C19H15N5OS2/c25-18(22-19-20-13-8-4-9-14(13)27-19)16-21-17(15-10-5-11-26-15)24(23-16)12-6-2-1-3-7-12/h1-3,5-7,10-11H,4,8-9H2,(H,20,22,25). The number of carbonyl (C=O) groups excluding carboxylic acids is 1. The van der Waals surface area contributed by atoms with E-state index in [-0.39, 0.29) is 11.7 Å². The molecule has 0 bridgehead atoms. The molecule has 1 amide bonds. The molecular formula is C19H15N5OS2. The minimum Gasteiger partial charge on any atom is -0.295 e. The molecule has 0 radical (unpaired) electrons. The van der Waals surface area contributed by atoms with Crippen LogP contribution >= 0.6 is 22.7 Å². The first-order valence-electron chi connectivity index (χ1n) is 8.64. The Morgan fingerprint density at radius 1 is 1.07 bits per heavy atom. The maximum atomic E-state index is 12.7. The molecule has 8 heteroatoms. The quantitative estimate of drug-likeness (QED) is 0.564. The number of aryl methyl sites for hydroxylation is 2. The predicted molar refractivity (Wildman–Crippen MR) is 107 cm³/mol. The Labute approximate surface area is 163 Å². The predicted octanol–water partition coefficient (Wildman–Crippen LogP) is 4.19. The maximum Gasteiger partial charge on any atom is 0.297 e. The molecule has 0 fully saturated rings. The first-order valence-corrected chi connectivity index (χ1v) is 10.3. The van der Waals surface area contributed by atoms with Gasteiger partial charge in [0.1, 0.15) is 0 Å². The number of nitrogens with one attached hydrogen (secondary N) is 1. The van der Waals surface area contributed by atoms with Crippen LogP contribution in [-0.2, 0) is 12.8 Å². The van der Waals surface area contributed by atoms with Crippen LogP contribution in [0, 0.1) is 0 Å². The Hall–Kier alpha value is -2.84. The maximum absolute atomic E-state index is 12.7. The topological polar surface area (TPSA) is 72.7 Å². The van der Waals surface area contributed by atoms with Crippen LogP contribution in [0.4, 0.5) is 5.13 Å². The number of carbonyl (C=O) groups is 1. The summed E-state index contributed by atoms with van der Waals surface area (Å²) in [5.74, 6) is 0.454. The third-order valence-electron chi connectivity index (χ3n) is 4.37. The third kappa shape index (κ3) is 3.07. The fourth-order valence-electron chi connectivity index (χ4n) is 3.12. The van der Waals surface area contributed by atoms with Crippen LogP contribution in [0.2, 0.25) is 0 Å². The summed E-state index contributed by atoms with van der Waals surface area (Å²) in [6, 6.07) is 13.6. The van der Waals surface area contributed by atoms with Crippen molar-refractivity contribution in [2.75, 3.05) is 5.32 Å². The summed E-state index contributed by atoms with van der Waals surface area (Å²) in [6.45, 7) is 0. The van der Waals surface area contributed by atoms with Crippen LogP contribution in [-0.4, -0.2) is 25.7 Å². The van der Waals surface area contributed by atoms with E-state index < -0.39 is 0 Å². The zero-order valence-electron chi connectivity index (χ0n) is 14.3. The molecule has 0 aliphatic heterocycles. The van der Waals surface area contributed by atoms with Gasteiger partial charge in [-0.3, -0.25) is 10.1 Å². The van der Waals surface area contributed by atoms with Crippen LogP contribution in [0.5, 0.6) is 0 Å². The number of hydrogen-bond acceptors (Lipinski definition) is 6. The van der Waals surface area contributed by atoms with E-state index in [0.29, 0.717) is 11.0 Å². The number of fused-ring (bicyclic) bond motifs is 1. The van der Waals surface area contributed by atoms with E-state index in [4.69, 9.17) is 0 Å². The van der Waals surface area contributed by atoms with Crippen molar-refractivity contribution >= 4 is 33.7 Å². The largest absolute Gasteiger partial charge is 0.297 e. The van der Waals surface area contributed by atoms with Gasteiger partial charge in [0.15, 0.2) is 11.0 Å². The highest BCUT2D eigenvalue weighted by Crippen LogP contribution is 2.31. The van der Waals surface area contributed by atoms with Gasteiger partial charge >= 0.3 is 0 Å². The number of benzene rings is 1. The Bertz CT molecular complexity index is 1080. The molecule has 0 saturated carbocycles. The van der Waals surface area contributed by atoms with Crippen molar-refractivity contribution in [1.29, 1.82) is 0 Å². The van der Waals surface area contributed by atoms with E-state index in [9.17, 15) is 4.79 Å². The number of para-hydroxylation sites is 1. The summed E-state index contributed by atoms with van der Waals surface area (Å²) in [5, 5.41) is 9.94. The minimum atomic E-state index is -0.338. The summed E-state index contributed by atoms with van der Waals surface area (Å²) in [7, 11) is 0. The van der Waals surface area contributed by atoms with Gasteiger partial charge in [-0.15, -0.1) is 27.8 Å². The number of amides is 1. The van der Waals surface area contributed by atoms with E-state index in [2.05, 4.69) is 20.4 Å². The highest BCUT2D eigenvalue weighted by Gasteiger charge is 2.22. The number of rotatable bonds is 4. The van der Waals surface area contributed by atoms with Crippen molar-refractivity contribution in [2.45, 2.75) is 19.3 Å². The number of thiazole rings is 1. The van der Waals surface area contributed by atoms with Crippen LogP contribution in [0.3, 0.4) is 0 Å². The van der Waals surface area contributed by atoms with Gasteiger partial charge in [-0.2, -0.15) is 0 Å². The second kappa shape index (κ2) is 6.71. The molecule has 6 nitrogen and oxygen atoms in total. The first-order chi connectivity index (χ1) is 13.3. The van der Waals surface area contributed by atoms with Crippen molar-refractivity contribution in [3.8, 4) is 16.4 Å². The molecule has 0 spiro atoms. The zero-order chi connectivity index (χ0) is 18.2. The lowest BCUT2D eigenvalue weighted by atomic mass is 10.3. The number of thiophene rings is 1. The Morgan fingerprint density at radius 3 is 2.74 bits per heavy atom. The number of anilines is 1. The summed E-state index contributed by atoms with van der Waals surface area (Å²) >= 11 is 3.11. The molecule has 0 unspecified atom stereocenters. The van der Waals surface area contributed by atoms with Crippen LogP contribution in [0.25, 0.3) is 16.4 Å². The van der Waals surface area contributed by atoms with Gasteiger partial charge in [0.05, 0.1) is 16.3 Å². The molecule has 4 aromatic rings. The molecule has 1 aromatic carbocycles. The molecule has 27 heavy (non-hydrogen) atoms. The normalized spacial score (nSPS) is 12.9. The smallest absolute Gasteiger partial charge is 0.295 e. The lowest BCUT2D eigenvalue weighted by molar-refractivity contribution is 0.101. The Balaban J connectivity index is 1.49. The molecule has 0 saturated heterocycles.